The quantitative estimate of drug-likeness (QED) is 0.574. The third-order valence-corrected chi connectivity index (χ3v) is 4.09. The first-order valence-electron chi connectivity index (χ1n) is 7.58. The van der Waals surface area contributed by atoms with E-state index in [9.17, 15) is 9.59 Å². The summed E-state index contributed by atoms with van der Waals surface area (Å²) in [6.45, 7) is 2.74. The summed E-state index contributed by atoms with van der Waals surface area (Å²) in [6.07, 6.45) is 5.76. The Hall–Kier alpha value is -2.35. The molecule has 0 bridgehead atoms. The average molecular weight is 348 g/mol. The van der Waals surface area contributed by atoms with Crippen LogP contribution in [0.2, 0.25) is 0 Å². The molecule has 24 heavy (non-hydrogen) atoms. The van der Waals surface area contributed by atoms with E-state index in [0.29, 0.717) is 23.1 Å². The predicted molar refractivity (Wildman–Crippen MR) is 92.1 cm³/mol. The van der Waals surface area contributed by atoms with E-state index in [4.69, 9.17) is 4.74 Å². The Labute approximate surface area is 144 Å². The van der Waals surface area contributed by atoms with E-state index in [1.165, 1.54) is 24.9 Å². The fourth-order valence-electron chi connectivity index (χ4n) is 1.99. The monoisotopic (exact) mass is 348 g/mol. The lowest BCUT2D eigenvalue weighted by Crippen LogP contribution is -2.29. The highest BCUT2D eigenvalue weighted by Gasteiger charge is 2.11. The molecule has 0 fully saturated rings. The molecule has 2 aromatic heterocycles. The molecule has 0 atom stereocenters. The molecule has 0 radical (unpaired) electrons. The second kappa shape index (κ2) is 9.07. The maximum Gasteiger partial charge on any atom is 0.239 e. The van der Waals surface area contributed by atoms with Gasteiger partial charge in [-0.2, -0.15) is 0 Å². The van der Waals surface area contributed by atoms with Gasteiger partial charge < -0.3 is 14.6 Å². The highest BCUT2D eigenvalue weighted by atomic mass is 32.2. The number of aromatic nitrogens is 3. The second-order valence-electron chi connectivity index (χ2n) is 5.00. The van der Waals surface area contributed by atoms with Crippen LogP contribution in [0, 0.1) is 0 Å². The van der Waals surface area contributed by atoms with E-state index in [0.717, 1.165) is 6.42 Å². The highest BCUT2D eigenvalue weighted by Crippen LogP contribution is 2.19. The van der Waals surface area contributed by atoms with Crippen molar-refractivity contribution in [3.8, 4) is 5.75 Å². The minimum Gasteiger partial charge on any atom is -0.491 e. The number of nitrogens with zero attached hydrogens (tertiary/aromatic N) is 3. The van der Waals surface area contributed by atoms with Crippen molar-refractivity contribution >= 4 is 17.7 Å². The fourth-order valence-corrected chi connectivity index (χ4v) is 2.79. The first-order valence-corrected chi connectivity index (χ1v) is 8.56. The number of methoxy groups -OCH3 is 1. The lowest BCUT2D eigenvalue weighted by Gasteiger charge is -2.14. The summed E-state index contributed by atoms with van der Waals surface area (Å²) < 4.78 is 6.79. The van der Waals surface area contributed by atoms with Gasteiger partial charge in [0.15, 0.2) is 10.9 Å². The van der Waals surface area contributed by atoms with Crippen molar-refractivity contribution in [3.05, 3.63) is 46.6 Å². The molecule has 0 aromatic carbocycles. The number of ether oxygens (including phenoxy) is 1. The van der Waals surface area contributed by atoms with E-state index in [1.54, 1.807) is 29.2 Å². The van der Waals surface area contributed by atoms with Crippen molar-refractivity contribution < 1.29 is 9.53 Å². The molecule has 0 saturated heterocycles. The van der Waals surface area contributed by atoms with Gasteiger partial charge in [0.1, 0.15) is 6.54 Å². The first kappa shape index (κ1) is 18.0. The summed E-state index contributed by atoms with van der Waals surface area (Å²) in [6, 6.07) is 3.23. The number of nitrogens with one attached hydrogen (secondary N) is 1. The Bertz CT molecular complexity index is 734. The van der Waals surface area contributed by atoms with Crippen LogP contribution >= 0.6 is 11.8 Å². The maximum atomic E-state index is 12.0. The van der Waals surface area contributed by atoms with E-state index in [-0.39, 0.29) is 23.6 Å². The van der Waals surface area contributed by atoms with Gasteiger partial charge in [-0.15, -0.1) is 0 Å². The summed E-state index contributed by atoms with van der Waals surface area (Å²) >= 11 is 1.40. The predicted octanol–water partition coefficient (Wildman–Crippen LogP) is 1.47. The van der Waals surface area contributed by atoms with Crippen LogP contribution in [0.25, 0.3) is 0 Å². The van der Waals surface area contributed by atoms with Crippen molar-refractivity contribution in [2.75, 3.05) is 13.7 Å². The van der Waals surface area contributed by atoms with Crippen LogP contribution < -0.4 is 15.5 Å². The normalized spacial score (nSPS) is 10.4. The zero-order chi connectivity index (χ0) is 17.4. The second-order valence-corrected chi connectivity index (χ2v) is 5.94. The molecule has 128 valence electrons. The molecule has 2 aromatic rings. The Balaban J connectivity index is 2.19. The Morgan fingerprint density at radius 1 is 1.38 bits per heavy atom. The van der Waals surface area contributed by atoms with Crippen LogP contribution in [-0.2, 0) is 17.1 Å². The first-order chi connectivity index (χ1) is 11.6. The van der Waals surface area contributed by atoms with Crippen LogP contribution in [-0.4, -0.2) is 34.1 Å². The molecule has 2 heterocycles. The van der Waals surface area contributed by atoms with Gasteiger partial charge in [-0.1, -0.05) is 18.7 Å². The van der Waals surface area contributed by atoms with Crippen molar-refractivity contribution in [1.82, 2.24) is 19.9 Å². The third-order valence-electron chi connectivity index (χ3n) is 3.18. The zero-order valence-electron chi connectivity index (χ0n) is 13.7. The van der Waals surface area contributed by atoms with Crippen molar-refractivity contribution in [3.63, 3.8) is 0 Å². The number of pyridine rings is 1. The number of carbonyl (C=O) groups excluding carboxylic acids is 1. The van der Waals surface area contributed by atoms with E-state index in [2.05, 4.69) is 15.3 Å². The molecular weight excluding hydrogens is 328 g/mol. The maximum absolute atomic E-state index is 12.0. The van der Waals surface area contributed by atoms with E-state index >= 15 is 0 Å². The van der Waals surface area contributed by atoms with Crippen LogP contribution in [0.15, 0.2) is 40.7 Å². The van der Waals surface area contributed by atoms with Gasteiger partial charge in [0.25, 0.3) is 0 Å². The van der Waals surface area contributed by atoms with Crippen molar-refractivity contribution in [2.45, 2.75) is 30.8 Å². The minimum atomic E-state index is -0.215. The van der Waals surface area contributed by atoms with Gasteiger partial charge in [-0.3, -0.25) is 9.59 Å². The molecule has 0 aliphatic heterocycles. The Kier molecular flexibility index (Phi) is 6.80. The third kappa shape index (κ3) is 5.09. The molecule has 0 aliphatic rings. The summed E-state index contributed by atoms with van der Waals surface area (Å²) in [4.78, 5) is 32.3. The molecule has 0 unspecified atom stereocenters. The minimum absolute atomic E-state index is 0.107. The van der Waals surface area contributed by atoms with Crippen molar-refractivity contribution in [2.24, 2.45) is 0 Å². The Morgan fingerprint density at radius 2 is 2.12 bits per heavy atom. The number of hydrogen-bond donors (Lipinski definition) is 1. The molecular formula is C16H20N4O3S. The van der Waals surface area contributed by atoms with Crippen LogP contribution in [0.5, 0.6) is 5.75 Å². The van der Waals surface area contributed by atoms with Crippen molar-refractivity contribution in [1.29, 1.82) is 0 Å². The molecule has 7 nitrogen and oxygen atoms in total. The van der Waals surface area contributed by atoms with Gasteiger partial charge in [-0.05, 0) is 12.5 Å². The average Bonchev–Trinajstić information content (AvgIpc) is 2.60. The number of amides is 1. The SMILES string of the molecule is CCCNC(=O)Cn1cc(OC)c(=O)cc1CSc1ncccn1. The van der Waals surface area contributed by atoms with E-state index < -0.39 is 0 Å². The molecule has 0 aliphatic carbocycles. The van der Waals surface area contributed by atoms with Gasteiger partial charge in [0.05, 0.1) is 13.3 Å². The topological polar surface area (TPSA) is 86.1 Å². The smallest absolute Gasteiger partial charge is 0.239 e. The van der Waals surface area contributed by atoms with Gasteiger partial charge in [-0.25, -0.2) is 9.97 Å². The van der Waals surface area contributed by atoms with E-state index in [1.807, 2.05) is 6.92 Å². The molecule has 8 heteroatoms. The molecule has 1 amide bonds. The van der Waals surface area contributed by atoms with Gasteiger partial charge in [0, 0.05) is 36.5 Å². The largest absolute Gasteiger partial charge is 0.491 e. The van der Waals surface area contributed by atoms with Crippen LogP contribution in [0.3, 0.4) is 0 Å². The summed E-state index contributed by atoms with van der Waals surface area (Å²) in [7, 11) is 1.43. The van der Waals surface area contributed by atoms with Crippen LogP contribution in [0.4, 0.5) is 0 Å². The summed E-state index contributed by atoms with van der Waals surface area (Å²) in [5, 5.41) is 3.44. The number of carbonyl (C=O) groups is 1. The molecule has 1 N–H and O–H groups in total. The van der Waals surface area contributed by atoms with Crippen LogP contribution in [0.1, 0.15) is 19.0 Å². The number of hydrogen-bond acceptors (Lipinski definition) is 6. The number of rotatable bonds is 8. The van der Waals surface area contributed by atoms with Gasteiger partial charge in [0.2, 0.25) is 11.3 Å². The standard InChI is InChI=1S/C16H20N4O3S/c1-3-5-17-15(22)10-20-9-14(23-2)13(21)8-12(20)11-24-16-18-6-4-7-19-16/h4,6-9H,3,5,10-11H2,1-2H3,(H,17,22). The molecule has 0 saturated carbocycles. The van der Waals surface area contributed by atoms with Gasteiger partial charge >= 0.3 is 0 Å². The molecule has 0 spiro atoms. The highest BCUT2D eigenvalue weighted by molar-refractivity contribution is 7.98. The number of thioether (sulfide) groups is 1. The summed E-state index contributed by atoms with van der Waals surface area (Å²) in [5.74, 6) is 0.581. The zero-order valence-corrected chi connectivity index (χ0v) is 14.5. The summed E-state index contributed by atoms with van der Waals surface area (Å²) in [5.41, 5.74) is 0.497. The lowest BCUT2D eigenvalue weighted by molar-refractivity contribution is -0.121. The lowest BCUT2D eigenvalue weighted by atomic mass is 10.3. The Morgan fingerprint density at radius 3 is 2.79 bits per heavy atom. The molecule has 2 rings (SSSR count). The fraction of sp³-hybridized carbons (Fsp3) is 0.375.